The third-order valence-corrected chi connectivity index (χ3v) is 4.88. The van der Waals surface area contributed by atoms with Crippen LogP contribution >= 0.6 is 12.6 Å². The maximum absolute atomic E-state index is 12.9. The third-order valence-electron chi connectivity index (χ3n) is 4.51. The molecular weight excluding hydrogens is 514 g/mol. The molecule has 0 aliphatic rings. The molecule has 0 rings (SSSR count). The predicted molar refractivity (Wildman–Crippen MR) is 135 cm³/mol. The Morgan fingerprint density at radius 3 is 2.00 bits per heavy atom. The first-order valence-corrected chi connectivity index (χ1v) is 12.0. The van der Waals surface area contributed by atoms with Crippen LogP contribution < -0.4 is 33.2 Å². The minimum Gasteiger partial charge on any atom is -0.481 e. The summed E-state index contributed by atoms with van der Waals surface area (Å²) in [5.74, 6) is -5.65. The van der Waals surface area contributed by atoms with Crippen molar-refractivity contribution in [2.24, 2.45) is 22.2 Å². The number of hydrogen-bond donors (Lipinski definition) is 9. The molecule has 0 saturated heterocycles. The lowest BCUT2D eigenvalue weighted by Crippen LogP contribution is -2.56. The Bertz CT molecular complexity index is 781. The van der Waals surface area contributed by atoms with Crippen molar-refractivity contribution in [3.8, 4) is 0 Å². The highest BCUT2D eigenvalue weighted by molar-refractivity contribution is 7.80. The van der Waals surface area contributed by atoms with Crippen molar-refractivity contribution in [2.45, 2.75) is 43.8 Å². The Labute approximate surface area is 219 Å². The van der Waals surface area contributed by atoms with Crippen LogP contribution in [0.25, 0.3) is 0 Å². The monoisotopic (exact) mass is 551 g/mol. The molecule has 3 atom stereocenters. The molecule has 0 fully saturated rings. The minimum atomic E-state index is -1.61. The van der Waals surface area contributed by atoms with E-state index in [4.69, 9.17) is 36.9 Å². The lowest BCUT2D eigenvalue weighted by molar-refractivity contribution is -0.143. The van der Waals surface area contributed by atoms with Gasteiger partial charge in [-0.2, -0.15) is 12.6 Å². The average Bonchev–Trinajstić information content (AvgIpc) is 2.82. The van der Waals surface area contributed by atoms with Gasteiger partial charge in [0.25, 0.3) is 0 Å². The van der Waals surface area contributed by atoms with E-state index < -0.39 is 54.2 Å². The summed E-state index contributed by atoms with van der Waals surface area (Å²) in [6.45, 7) is 1.50. The number of carbonyl (C=O) groups is 5. The maximum Gasteiger partial charge on any atom is 0.327 e. The first-order chi connectivity index (χ1) is 17.5. The van der Waals surface area contributed by atoms with Gasteiger partial charge in [0, 0.05) is 25.3 Å². The summed E-state index contributed by atoms with van der Waals surface area (Å²) in [6, 6.07) is -4.18. The van der Waals surface area contributed by atoms with Crippen LogP contribution in [0.2, 0.25) is 0 Å². The molecule has 0 aromatic rings. The van der Waals surface area contributed by atoms with Crippen molar-refractivity contribution in [3.05, 3.63) is 0 Å². The van der Waals surface area contributed by atoms with Crippen LogP contribution in [0.15, 0.2) is 4.99 Å². The largest absolute Gasteiger partial charge is 0.481 e. The topological polar surface area (TPSA) is 271 Å². The third kappa shape index (κ3) is 17.0. The molecule has 0 radical (unpaired) electrons. The number of carboxylic acids is 2. The van der Waals surface area contributed by atoms with E-state index in [0.29, 0.717) is 19.8 Å². The van der Waals surface area contributed by atoms with E-state index in [0.717, 1.165) is 0 Å². The molecular formula is C20H37N7O9S. The summed E-state index contributed by atoms with van der Waals surface area (Å²) >= 11 is 3.83. The zero-order valence-electron chi connectivity index (χ0n) is 20.4. The molecule has 0 bridgehead atoms. The van der Waals surface area contributed by atoms with Crippen LogP contribution in [-0.4, -0.2) is 109 Å². The maximum atomic E-state index is 12.9. The molecule has 16 nitrogen and oxygen atoms in total. The fourth-order valence-electron chi connectivity index (χ4n) is 2.72. The zero-order valence-corrected chi connectivity index (χ0v) is 21.3. The number of aliphatic imine (C=N–C) groups is 1. The number of ether oxygens (including phenoxy) is 2. The van der Waals surface area contributed by atoms with Gasteiger partial charge >= 0.3 is 11.9 Å². The Hall–Kier alpha value is -3.15. The number of nitrogens with two attached hydrogens (primary N) is 3. The van der Waals surface area contributed by atoms with Crippen LogP contribution in [0, 0.1) is 0 Å². The lowest BCUT2D eigenvalue weighted by Gasteiger charge is -2.23. The van der Waals surface area contributed by atoms with Gasteiger partial charge in [-0.1, -0.05) is 0 Å². The van der Waals surface area contributed by atoms with Crippen molar-refractivity contribution in [2.75, 3.05) is 45.3 Å². The van der Waals surface area contributed by atoms with Crippen molar-refractivity contribution < 1.29 is 43.7 Å². The number of guanidine groups is 1. The van der Waals surface area contributed by atoms with E-state index in [-0.39, 0.29) is 50.7 Å². The molecule has 0 aromatic heterocycles. The fraction of sp³-hybridized carbons (Fsp3) is 0.700. The molecule has 0 aliphatic carbocycles. The molecule has 37 heavy (non-hydrogen) atoms. The van der Waals surface area contributed by atoms with E-state index in [9.17, 15) is 24.0 Å². The van der Waals surface area contributed by atoms with Gasteiger partial charge in [-0.3, -0.25) is 24.2 Å². The second kappa shape index (κ2) is 20.0. The number of amides is 3. The van der Waals surface area contributed by atoms with Gasteiger partial charge in [0.1, 0.15) is 18.1 Å². The van der Waals surface area contributed by atoms with Crippen molar-refractivity contribution in [1.82, 2.24) is 16.0 Å². The molecule has 0 heterocycles. The first-order valence-electron chi connectivity index (χ1n) is 11.4. The van der Waals surface area contributed by atoms with Gasteiger partial charge in [-0.15, -0.1) is 0 Å². The van der Waals surface area contributed by atoms with E-state index >= 15 is 0 Å². The van der Waals surface area contributed by atoms with Gasteiger partial charge in [0.2, 0.25) is 17.7 Å². The number of hydrogen-bond acceptors (Lipinski definition) is 10. The van der Waals surface area contributed by atoms with Crippen LogP contribution in [-0.2, 0) is 33.4 Å². The number of carbonyl (C=O) groups excluding carboxylic acids is 3. The molecule has 3 amide bonds. The predicted octanol–water partition coefficient (Wildman–Crippen LogP) is -3.63. The molecule has 0 aromatic carbocycles. The fourth-order valence-corrected chi connectivity index (χ4v) is 2.97. The molecule has 0 spiro atoms. The van der Waals surface area contributed by atoms with Gasteiger partial charge in [-0.05, 0) is 12.8 Å². The normalized spacial score (nSPS) is 13.0. The SMILES string of the molecule is NCCOCCOCCC(=O)NC(CCCN=C(N)N)C(=O)N[C@@H](CC(=O)O)C(=O)N[C@H](CS)C(=O)O. The van der Waals surface area contributed by atoms with Crippen LogP contribution in [0.1, 0.15) is 25.7 Å². The van der Waals surface area contributed by atoms with Crippen LogP contribution in [0.3, 0.4) is 0 Å². The Balaban J connectivity index is 5.21. The highest BCUT2D eigenvalue weighted by Gasteiger charge is 2.30. The Kier molecular flexibility index (Phi) is 18.3. The van der Waals surface area contributed by atoms with Crippen LogP contribution in [0.4, 0.5) is 0 Å². The summed E-state index contributed by atoms with van der Waals surface area (Å²) in [5, 5.41) is 25.1. The number of aliphatic carboxylic acids is 2. The number of thiol groups is 1. The van der Waals surface area contributed by atoms with E-state index in [2.05, 4.69) is 33.6 Å². The first kappa shape index (κ1) is 33.8. The number of rotatable bonds is 21. The summed E-state index contributed by atoms with van der Waals surface area (Å²) < 4.78 is 10.4. The van der Waals surface area contributed by atoms with E-state index in [1.165, 1.54) is 0 Å². The second-order valence-electron chi connectivity index (χ2n) is 7.57. The standard InChI is InChI=1S/C20H37N7O9S/c21-4-7-36-9-8-35-6-3-15(28)25-12(2-1-5-24-20(22)23)17(31)26-13(10-16(29)30)18(32)27-14(11-37)19(33)34/h12-14,37H,1-11,21H2,(H,25,28)(H,26,31)(H,27,32)(H,29,30)(H,33,34)(H4,22,23,24)/t12?,13-,14+/m0/s1. The molecule has 1 unspecified atom stereocenters. The molecule has 17 heteroatoms. The van der Waals surface area contributed by atoms with Gasteiger partial charge in [-0.25, -0.2) is 4.79 Å². The molecule has 0 aliphatic heterocycles. The van der Waals surface area contributed by atoms with Crippen LogP contribution in [0.5, 0.6) is 0 Å². The minimum absolute atomic E-state index is 0.0461. The average molecular weight is 552 g/mol. The Morgan fingerprint density at radius 1 is 0.865 bits per heavy atom. The quantitative estimate of drug-likeness (QED) is 0.0289. The zero-order chi connectivity index (χ0) is 28.2. The summed E-state index contributed by atoms with van der Waals surface area (Å²) in [6.07, 6.45) is -0.596. The molecule has 212 valence electrons. The number of nitrogens with one attached hydrogen (secondary N) is 3. The van der Waals surface area contributed by atoms with E-state index in [1.54, 1.807) is 0 Å². The highest BCUT2D eigenvalue weighted by Crippen LogP contribution is 2.03. The van der Waals surface area contributed by atoms with Crippen molar-refractivity contribution in [3.63, 3.8) is 0 Å². The van der Waals surface area contributed by atoms with Gasteiger partial charge in [0.15, 0.2) is 5.96 Å². The summed E-state index contributed by atoms with van der Waals surface area (Å²) in [4.78, 5) is 63.9. The number of carboxylic acid groups (broad SMARTS) is 2. The number of nitrogens with zero attached hydrogens (tertiary/aromatic N) is 1. The summed E-state index contributed by atoms with van der Waals surface area (Å²) in [7, 11) is 0. The van der Waals surface area contributed by atoms with Gasteiger partial charge in [0.05, 0.1) is 32.8 Å². The van der Waals surface area contributed by atoms with Crippen molar-refractivity contribution >= 4 is 48.2 Å². The Morgan fingerprint density at radius 2 is 1.46 bits per heavy atom. The smallest absolute Gasteiger partial charge is 0.327 e. The van der Waals surface area contributed by atoms with Crippen molar-refractivity contribution in [1.29, 1.82) is 0 Å². The second-order valence-corrected chi connectivity index (χ2v) is 7.94. The molecule has 0 saturated carbocycles. The molecule has 11 N–H and O–H groups in total. The summed E-state index contributed by atoms with van der Waals surface area (Å²) in [5.41, 5.74) is 15.9. The lowest BCUT2D eigenvalue weighted by atomic mass is 10.1. The highest BCUT2D eigenvalue weighted by atomic mass is 32.1. The van der Waals surface area contributed by atoms with Gasteiger partial charge < -0.3 is 52.8 Å². The van der Waals surface area contributed by atoms with E-state index in [1.807, 2.05) is 0 Å².